The monoisotopic (exact) mass is 460 g/mol. The molecule has 2 aliphatic heterocycles. The molecule has 166 valence electrons. The summed E-state index contributed by atoms with van der Waals surface area (Å²) >= 11 is 1.36. The van der Waals surface area contributed by atoms with Gasteiger partial charge < -0.3 is 14.8 Å². The Morgan fingerprint density at radius 2 is 1.73 bits per heavy atom. The maximum absolute atomic E-state index is 13.2. The van der Waals surface area contributed by atoms with Crippen LogP contribution in [0.15, 0.2) is 77.7 Å². The molecular formula is C25H20N2O5S. The highest BCUT2D eigenvalue weighted by molar-refractivity contribution is 8.02. The smallest absolute Gasteiger partial charge is 0.348 e. The SMILES string of the molecule is COc1ccccc1C(=O)Nc1ccc(OC(=O)C23CCC(=O)N2c2ccccc2S3)cc1. The van der Waals surface area contributed by atoms with Gasteiger partial charge in [0.1, 0.15) is 11.5 Å². The molecule has 1 saturated heterocycles. The number of thioether (sulfide) groups is 1. The van der Waals surface area contributed by atoms with Crippen molar-refractivity contribution in [3.05, 3.63) is 78.4 Å². The van der Waals surface area contributed by atoms with Gasteiger partial charge in [-0.05, 0) is 48.5 Å². The van der Waals surface area contributed by atoms with Crippen molar-refractivity contribution in [3.63, 3.8) is 0 Å². The van der Waals surface area contributed by atoms with Crippen molar-refractivity contribution < 1.29 is 23.9 Å². The van der Waals surface area contributed by atoms with Crippen molar-refractivity contribution in [1.82, 2.24) is 0 Å². The summed E-state index contributed by atoms with van der Waals surface area (Å²) in [6.45, 7) is 0. The fourth-order valence-corrected chi connectivity index (χ4v) is 5.49. The minimum atomic E-state index is -1.09. The van der Waals surface area contributed by atoms with E-state index in [1.54, 1.807) is 53.4 Å². The molecule has 8 heteroatoms. The number of rotatable bonds is 5. The number of nitrogens with zero attached hydrogens (tertiary/aromatic N) is 1. The predicted molar refractivity (Wildman–Crippen MR) is 125 cm³/mol. The van der Waals surface area contributed by atoms with Crippen molar-refractivity contribution in [2.45, 2.75) is 22.6 Å². The first kappa shape index (κ1) is 21.1. The van der Waals surface area contributed by atoms with Gasteiger partial charge in [0, 0.05) is 23.4 Å². The van der Waals surface area contributed by atoms with Crippen LogP contribution >= 0.6 is 11.8 Å². The van der Waals surface area contributed by atoms with Crippen LogP contribution in [0, 0.1) is 0 Å². The van der Waals surface area contributed by atoms with Gasteiger partial charge in [-0.3, -0.25) is 14.5 Å². The van der Waals surface area contributed by atoms with Crippen LogP contribution in [0.2, 0.25) is 0 Å². The molecule has 0 radical (unpaired) electrons. The molecular weight excluding hydrogens is 440 g/mol. The highest BCUT2D eigenvalue weighted by atomic mass is 32.2. The second-order valence-corrected chi connectivity index (χ2v) is 8.97. The van der Waals surface area contributed by atoms with Crippen molar-refractivity contribution in [2.75, 3.05) is 17.3 Å². The summed E-state index contributed by atoms with van der Waals surface area (Å²) in [6.07, 6.45) is 0.682. The van der Waals surface area contributed by atoms with Crippen LogP contribution < -0.4 is 19.7 Å². The van der Waals surface area contributed by atoms with Crippen LogP contribution in [0.25, 0.3) is 0 Å². The van der Waals surface area contributed by atoms with Gasteiger partial charge in [-0.15, -0.1) is 0 Å². The molecule has 0 spiro atoms. The molecule has 7 nitrogen and oxygen atoms in total. The quantitative estimate of drug-likeness (QED) is 0.446. The molecule has 1 unspecified atom stereocenters. The van der Waals surface area contributed by atoms with Gasteiger partial charge in [-0.2, -0.15) is 0 Å². The standard InChI is InChI=1S/C25H20N2O5S/c1-31-20-8-4-2-6-18(20)23(29)26-16-10-12-17(13-11-16)32-24(30)25-15-14-22(28)27(25)19-7-3-5-9-21(19)33-25/h2-13H,14-15H2,1H3,(H,26,29). The second-order valence-electron chi connectivity index (χ2n) is 7.65. The summed E-state index contributed by atoms with van der Waals surface area (Å²) < 4.78 is 10.9. The highest BCUT2D eigenvalue weighted by Crippen LogP contribution is 2.56. The first-order valence-electron chi connectivity index (χ1n) is 10.4. The minimum Gasteiger partial charge on any atom is -0.496 e. The number of carbonyl (C=O) groups is 3. The fraction of sp³-hybridized carbons (Fsp3) is 0.160. The van der Waals surface area contributed by atoms with Crippen LogP contribution in [-0.2, 0) is 9.59 Å². The maximum Gasteiger partial charge on any atom is 0.348 e. The maximum atomic E-state index is 13.2. The third-order valence-corrected chi connectivity index (χ3v) is 7.12. The Balaban J connectivity index is 1.30. The number of methoxy groups -OCH3 is 1. The lowest BCUT2D eigenvalue weighted by Crippen LogP contribution is -2.48. The zero-order chi connectivity index (χ0) is 23.0. The van der Waals surface area contributed by atoms with Gasteiger partial charge in [0.15, 0.2) is 4.87 Å². The van der Waals surface area contributed by atoms with Crippen molar-refractivity contribution >= 4 is 40.9 Å². The van der Waals surface area contributed by atoms with E-state index in [9.17, 15) is 14.4 Å². The van der Waals surface area contributed by atoms with Gasteiger partial charge in [0.25, 0.3) is 5.91 Å². The fourth-order valence-electron chi connectivity index (χ4n) is 4.10. The largest absolute Gasteiger partial charge is 0.496 e. The van der Waals surface area contributed by atoms with Gasteiger partial charge in [0.05, 0.1) is 18.4 Å². The summed E-state index contributed by atoms with van der Waals surface area (Å²) in [5.74, 6) is -0.0680. The average molecular weight is 461 g/mol. The zero-order valence-electron chi connectivity index (χ0n) is 17.7. The molecule has 2 aliphatic rings. The number of nitrogens with one attached hydrogen (secondary N) is 1. The second kappa shape index (κ2) is 8.29. The molecule has 0 aromatic heterocycles. The Labute approximate surface area is 194 Å². The number of benzene rings is 3. The molecule has 1 N–H and O–H groups in total. The van der Waals surface area contributed by atoms with Gasteiger partial charge in [0.2, 0.25) is 5.91 Å². The van der Waals surface area contributed by atoms with Crippen molar-refractivity contribution in [1.29, 1.82) is 0 Å². The molecule has 2 amide bonds. The molecule has 0 saturated carbocycles. The highest BCUT2D eigenvalue weighted by Gasteiger charge is 2.58. The van der Waals surface area contributed by atoms with Crippen molar-refractivity contribution in [3.8, 4) is 11.5 Å². The lowest BCUT2D eigenvalue weighted by Gasteiger charge is -2.28. The van der Waals surface area contributed by atoms with E-state index in [2.05, 4.69) is 5.32 Å². The first-order chi connectivity index (χ1) is 16.0. The molecule has 1 fully saturated rings. The van der Waals surface area contributed by atoms with Crippen LogP contribution in [0.4, 0.5) is 11.4 Å². The summed E-state index contributed by atoms with van der Waals surface area (Å²) in [7, 11) is 1.51. The van der Waals surface area contributed by atoms with Gasteiger partial charge in [-0.1, -0.05) is 36.0 Å². The lowest BCUT2D eigenvalue weighted by atomic mass is 10.2. The Hall–Kier alpha value is -3.78. The molecule has 0 bridgehead atoms. The van der Waals surface area contributed by atoms with E-state index in [0.717, 1.165) is 10.6 Å². The normalized spacial score (nSPS) is 18.5. The molecule has 3 aromatic rings. The molecule has 0 aliphatic carbocycles. The number of esters is 1. The van der Waals surface area contributed by atoms with E-state index in [0.29, 0.717) is 35.6 Å². The average Bonchev–Trinajstić information content (AvgIpc) is 3.36. The number of carbonyl (C=O) groups excluding carboxylic acids is 3. The minimum absolute atomic E-state index is 0.0844. The van der Waals surface area contributed by atoms with E-state index < -0.39 is 10.8 Å². The van der Waals surface area contributed by atoms with Gasteiger partial charge >= 0.3 is 5.97 Å². The number of para-hydroxylation sites is 2. The van der Waals surface area contributed by atoms with Crippen LogP contribution in [0.3, 0.4) is 0 Å². The van der Waals surface area contributed by atoms with Crippen LogP contribution in [-0.4, -0.2) is 29.8 Å². The number of hydrogen-bond acceptors (Lipinski definition) is 6. The lowest BCUT2D eigenvalue weighted by molar-refractivity contribution is -0.137. The third-order valence-electron chi connectivity index (χ3n) is 5.67. The van der Waals surface area contributed by atoms with Crippen LogP contribution in [0.5, 0.6) is 11.5 Å². The Morgan fingerprint density at radius 1 is 1.00 bits per heavy atom. The van der Waals surface area contributed by atoms with Gasteiger partial charge in [-0.25, -0.2) is 4.79 Å². The van der Waals surface area contributed by atoms with E-state index in [1.165, 1.54) is 18.9 Å². The first-order valence-corrected chi connectivity index (χ1v) is 11.2. The molecule has 5 rings (SSSR count). The summed E-state index contributed by atoms with van der Waals surface area (Å²) in [5, 5.41) is 2.81. The summed E-state index contributed by atoms with van der Waals surface area (Å²) in [6, 6.07) is 21.0. The van der Waals surface area contributed by atoms with E-state index >= 15 is 0 Å². The Bertz CT molecular complexity index is 1260. The van der Waals surface area contributed by atoms with E-state index in [4.69, 9.17) is 9.47 Å². The number of amides is 2. The number of hydrogen-bond donors (Lipinski definition) is 1. The number of anilines is 2. The number of ether oxygens (including phenoxy) is 2. The summed E-state index contributed by atoms with van der Waals surface area (Å²) in [5.41, 5.74) is 1.71. The third kappa shape index (κ3) is 3.62. The number of fused-ring (bicyclic) bond motifs is 3. The topological polar surface area (TPSA) is 84.9 Å². The van der Waals surface area contributed by atoms with E-state index in [1.807, 2.05) is 24.3 Å². The predicted octanol–water partition coefficient (Wildman–Crippen LogP) is 4.48. The molecule has 1 atom stereocenters. The Kier molecular flexibility index (Phi) is 5.30. The molecule has 33 heavy (non-hydrogen) atoms. The van der Waals surface area contributed by atoms with Crippen LogP contribution in [0.1, 0.15) is 23.2 Å². The molecule has 3 aromatic carbocycles. The zero-order valence-corrected chi connectivity index (χ0v) is 18.6. The molecule has 2 heterocycles. The van der Waals surface area contributed by atoms with E-state index in [-0.39, 0.29) is 11.8 Å². The summed E-state index contributed by atoms with van der Waals surface area (Å²) in [4.78, 5) is 39.7. The Morgan fingerprint density at radius 3 is 2.52 bits per heavy atom. The van der Waals surface area contributed by atoms with Crippen molar-refractivity contribution in [2.24, 2.45) is 0 Å².